The molecule has 0 atom stereocenters. The zero-order valence-electron chi connectivity index (χ0n) is 15.3. The zero-order chi connectivity index (χ0) is 20.0. The van der Waals surface area contributed by atoms with E-state index >= 15 is 0 Å². The van der Waals surface area contributed by atoms with Crippen molar-refractivity contribution in [3.63, 3.8) is 0 Å². The van der Waals surface area contributed by atoms with E-state index in [-0.39, 0.29) is 30.7 Å². The SMILES string of the molecule is C=CCN(Cc1nccn1Cc1ccccc1C(F)(F)F)C(=O)NC(C)C. The van der Waals surface area contributed by atoms with Crippen LogP contribution in [0, 0.1) is 0 Å². The minimum Gasteiger partial charge on any atom is -0.336 e. The second-order valence-electron chi connectivity index (χ2n) is 6.40. The minimum atomic E-state index is -4.43. The summed E-state index contributed by atoms with van der Waals surface area (Å²) in [5.74, 6) is 0.493. The van der Waals surface area contributed by atoms with Crippen LogP contribution in [0.3, 0.4) is 0 Å². The summed E-state index contributed by atoms with van der Waals surface area (Å²) in [6.45, 7) is 7.81. The first-order chi connectivity index (χ1) is 12.7. The number of benzene rings is 1. The molecule has 2 amide bonds. The van der Waals surface area contributed by atoms with Crippen LogP contribution in [-0.2, 0) is 19.3 Å². The summed E-state index contributed by atoms with van der Waals surface area (Å²) in [5.41, 5.74) is -0.531. The molecule has 0 fully saturated rings. The van der Waals surface area contributed by atoms with Gasteiger partial charge in [0.1, 0.15) is 5.82 Å². The number of carbonyl (C=O) groups is 1. The van der Waals surface area contributed by atoms with Crippen LogP contribution in [0.4, 0.5) is 18.0 Å². The summed E-state index contributed by atoms with van der Waals surface area (Å²) in [4.78, 5) is 18.0. The Hall–Kier alpha value is -2.77. The topological polar surface area (TPSA) is 50.2 Å². The first kappa shape index (κ1) is 20.5. The lowest BCUT2D eigenvalue weighted by atomic mass is 10.1. The number of carbonyl (C=O) groups excluding carboxylic acids is 1. The fraction of sp³-hybridized carbons (Fsp3) is 0.368. The molecule has 1 aromatic carbocycles. The second-order valence-corrected chi connectivity index (χ2v) is 6.40. The molecule has 0 radical (unpaired) electrons. The van der Waals surface area contributed by atoms with Gasteiger partial charge in [0, 0.05) is 31.5 Å². The molecule has 1 aromatic heterocycles. The number of hydrogen-bond acceptors (Lipinski definition) is 2. The second kappa shape index (κ2) is 8.75. The predicted molar refractivity (Wildman–Crippen MR) is 97.0 cm³/mol. The van der Waals surface area contributed by atoms with Gasteiger partial charge in [-0.25, -0.2) is 9.78 Å². The van der Waals surface area contributed by atoms with Crippen molar-refractivity contribution in [2.24, 2.45) is 0 Å². The molecule has 1 N–H and O–H groups in total. The number of alkyl halides is 3. The maximum absolute atomic E-state index is 13.2. The number of halogens is 3. The Morgan fingerprint density at radius 2 is 2.07 bits per heavy atom. The van der Waals surface area contributed by atoms with Gasteiger partial charge in [-0.2, -0.15) is 13.2 Å². The maximum atomic E-state index is 13.2. The molecule has 0 aliphatic rings. The van der Waals surface area contributed by atoms with E-state index in [1.807, 2.05) is 13.8 Å². The van der Waals surface area contributed by atoms with Crippen LogP contribution >= 0.6 is 0 Å². The number of nitrogens with one attached hydrogen (secondary N) is 1. The molecular weight excluding hydrogens is 357 g/mol. The molecular formula is C19H23F3N4O. The van der Waals surface area contributed by atoms with E-state index in [4.69, 9.17) is 0 Å². The quantitative estimate of drug-likeness (QED) is 0.737. The number of aromatic nitrogens is 2. The summed E-state index contributed by atoms with van der Waals surface area (Å²) < 4.78 is 41.3. The third-order valence-corrected chi connectivity index (χ3v) is 3.85. The third kappa shape index (κ3) is 5.60. The van der Waals surface area contributed by atoms with Crippen LogP contribution in [0.2, 0.25) is 0 Å². The number of hydrogen-bond donors (Lipinski definition) is 1. The molecule has 5 nitrogen and oxygen atoms in total. The lowest BCUT2D eigenvalue weighted by Crippen LogP contribution is -2.43. The van der Waals surface area contributed by atoms with Crippen molar-refractivity contribution >= 4 is 6.03 Å². The van der Waals surface area contributed by atoms with Gasteiger partial charge in [0.25, 0.3) is 0 Å². The smallest absolute Gasteiger partial charge is 0.336 e. The summed E-state index contributed by atoms with van der Waals surface area (Å²) in [6.07, 6.45) is 0.280. The molecule has 146 valence electrons. The average Bonchev–Trinajstić information content (AvgIpc) is 3.00. The normalized spacial score (nSPS) is 11.5. The Balaban J connectivity index is 2.23. The van der Waals surface area contributed by atoms with E-state index in [0.717, 1.165) is 6.07 Å². The van der Waals surface area contributed by atoms with Crippen LogP contribution in [0.1, 0.15) is 30.8 Å². The van der Waals surface area contributed by atoms with E-state index in [9.17, 15) is 18.0 Å². The number of amides is 2. The van der Waals surface area contributed by atoms with Crippen LogP contribution in [0.15, 0.2) is 49.3 Å². The van der Waals surface area contributed by atoms with E-state index in [1.165, 1.54) is 23.2 Å². The molecule has 27 heavy (non-hydrogen) atoms. The Morgan fingerprint density at radius 3 is 2.70 bits per heavy atom. The van der Waals surface area contributed by atoms with Crippen LogP contribution in [0.5, 0.6) is 0 Å². The highest BCUT2D eigenvalue weighted by molar-refractivity contribution is 5.74. The Labute approximate surface area is 156 Å². The molecule has 0 unspecified atom stereocenters. The van der Waals surface area contributed by atoms with E-state index in [1.54, 1.807) is 22.9 Å². The van der Waals surface area contributed by atoms with Gasteiger partial charge in [-0.05, 0) is 25.5 Å². The fourth-order valence-electron chi connectivity index (χ4n) is 2.64. The molecule has 8 heteroatoms. The van der Waals surface area contributed by atoms with Crippen LogP contribution < -0.4 is 5.32 Å². The van der Waals surface area contributed by atoms with Gasteiger partial charge in [-0.15, -0.1) is 6.58 Å². The highest BCUT2D eigenvalue weighted by Crippen LogP contribution is 2.32. The summed E-state index contributed by atoms with van der Waals surface area (Å²) in [5, 5.41) is 2.79. The third-order valence-electron chi connectivity index (χ3n) is 3.85. The molecule has 2 rings (SSSR count). The summed E-state index contributed by atoms with van der Waals surface area (Å²) in [6, 6.07) is 5.12. The number of rotatable bonds is 7. The number of imidazole rings is 1. The Bertz CT molecular complexity index is 783. The van der Waals surface area contributed by atoms with E-state index in [2.05, 4.69) is 16.9 Å². The van der Waals surface area contributed by atoms with Gasteiger partial charge in [0.2, 0.25) is 0 Å². The minimum absolute atomic E-state index is 0.0126. The predicted octanol–water partition coefficient (Wildman–Crippen LogP) is 4.06. The van der Waals surface area contributed by atoms with E-state index < -0.39 is 11.7 Å². The van der Waals surface area contributed by atoms with Crippen molar-refractivity contribution in [3.05, 3.63) is 66.3 Å². The van der Waals surface area contributed by atoms with Crippen molar-refractivity contribution in [2.45, 2.75) is 39.2 Å². The largest absolute Gasteiger partial charge is 0.416 e. The van der Waals surface area contributed by atoms with Gasteiger partial charge in [-0.1, -0.05) is 24.3 Å². The van der Waals surface area contributed by atoms with Crippen molar-refractivity contribution in [1.82, 2.24) is 19.8 Å². The van der Waals surface area contributed by atoms with Crippen LogP contribution in [0.25, 0.3) is 0 Å². The summed E-state index contributed by atoms with van der Waals surface area (Å²) >= 11 is 0. The Kier molecular flexibility index (Phi) is 6.65. The standard InChI is InChI=1S/C19H23F3N4O/c1-4-10-26(18(27)24-14(2)3)13-17-23-9-11-25(17)12-15-7-5-6-8-16(15)19(20,21)22/h4-9,11,14H,1,10,12-13H2,2-3H3,(H,24,27). The highest BCUT2D eigenvalue weighted by Gasteiger charge is 2.33. The van der Waals surface area contributed by atoms with E-state index in [0.29, 0.717) is 12.4 Å². The summed E-state index contributed by atoms with van der Waals surface area (Å²) in [7, 11) is 0. The van der Waals surface area contributed by atoms with Crippen LogP contribution in [-0.4, -0.2) is 33.1 Å². The molecule has 0 saturated carbocycles. The number of urea groups is 1. The van der Waals surface area contributed by atoms with Gasteiger partial charge in [0.05, 0.1) is 12.1 Å². The monoisotopic (exact) mass is 380 g/mol. The van der Waals surface area contributed by atoms with Gasteiger partial charge >= 0.3 is 12.2 Å². The van der Waals surface area contributed by atoms with Gasteiger partial charge in [0.15, 0.2) is 0 Å². The maximum Gasteiger partial charge on any atom is 0.416 e. The van der Waals surface area contributed by atoms with Crippen molar-refractivity contribution in [2.75, 3.05) is 6.54 Å². The fourth-order valence-corrected chi connectivity index (χ4v) is 2.64. The highest BCUT2D eigenvalue weighted by atomic mass is 19.4. The van der Waals surface area contributed by atoms with Crippen molar-refractivity contribution in [3.8, 4) is 0 Å². The zero-order valence-corrected chi connectivity index (χ0v) is 15.3. The molecule has 0 aliphatic carbocycles. The van der Waals surface area contributed by atoms with Gasteiger partial charge in [-0.3, -0.25) is 0 Å². The van der Waals surface area contributed by atoms with Crippen molar-refractivity contribution < 1.29 is 18.0 Å². The van der Waals surface area contributed by atoms with Gasteiger partial charge < -0.3 is 14.8 Å². The Morgan fingerprint density at radius 1 is 1.37 bits per heavy atom. The molecule has 0 saturated heterocycles. The number of nitrogens with zero attached hydrogens (tertiary/aromatic N) is 3. The average molecular weight is 380 g/mol. The molecule has 1 heterocycles. The molecule has 0 bridgehead atoms. The molecule has 0 aliphatic heterocycles. The lowest BCUT2D eigenvalue weighted by molar-refractivity contribution is -0.138. The lowest BCUT2D eigenvalue weighted by Gasteiger charge is -2.23. The first-order valence-electron chi connectivity index (χ1n) is 8.53. The first-order valence-corrected chi connectivity index (χ1v) is 8.53. The molecule has 0 spiro atoms. The molecule has 2 aromatic rings. The van der Waals surface area contributed by atoms with Crippen molar-refractivity contribution in [1.29, 1.82) is 0 Å².